The summed E-state index contributed by atoms with van der Waals surface area (Å²) in [6.07, 6.45) is 2.78. The smallest absolute Gasteiger partial charge is 0.254 e. The van der Waals surface area contributed by atoms with Gasteiger partial charge in [-0.2, -0.15) is 0 Å². The van der Waals surface area contributed by atoms with Crippen molar-refractivity contribution in [3.63, 3.8) is 0 Å². The summed E-state index contributed by atoms with van der Waals surface area (Å²) in [6.45, 7) is 4.93. The van der Waals surface area contributed by atoms with Crippen molar-refractivity contribution < 1.29 is 4.79 Å². The van der Waals surface area contributed by atoms with E-state index in [1.807, 2.05) is 29.2 Å². The maximum Gasteiger partial charge on any atom is 0.254 e. The van der Waals surface area contributed by atoms with Gasteiger partial charge in [-0.15, -0.1) is 0 Å². The van der Waals surface area contributed by atoms with Gasteiger partial charge in [-0.05, 0) is 36.5 Å². The maximum absolute atomic E-state index is 12.6. The van der Waals surface area contributed by atoms with E-state index in [4.69, 9.17) is 18.0 Å². The lowest BCUT2D eigenvalue weighted by Crippen LogP contribution is -2.35. The number of thiocarbonyl (C=S) groups is 1. The van der Waals surface area contributed by atoms with Gasteiger partial charge in [-0.25, -0.2) is 0 Å². The minimum atomic E-state index is 0.0963. The van der Waals surface area contributed by atoms with Crippen LogP contribution in [0.5, 0.6) is 0 Å². The fraction of sp³-hybridized carbons (Fsp3) is 0.500. The highest BCUT2D eigenvalue weighted by Crippen LogP contribution is 2.28. The molecule has 0 radical (unpaired) electrons. The molecule has 4 heteroatoms. The van der Waals surface area contributed by atoms with E-state index in [2.05, 4.69) is 13.8 Å². The fourth-order valence-electron chi connectivity index (χ4n) is 2.24. The van der Waals surface area contributed by atoms with Crippen LogP contribution >= 0.6 is 12.2 Å². The third kappa shape index (κ3) is 3.79. The molecule has 0 aromatic heterocycles. The first-order valence-corrected chi connectivity index (χ1v) is 7.59. The number of rotatable bonds is 6. The van der Waals surface area contributed by atoms with Gasteiger partial charge in [0.1, 0.15) is 0 Å². The Balaban J connectivity index is 2.08. The minimum absolute atomic E-state index is 0.0963. The van der Waals surface area contributed by atoms with Crippen LogP contribution in [0.3, 0.4) is 0 Å². The second-order valence-corrected chi connectivity index (χ2v) is 6.25. The first-order valence-electron chi connectivity index (χ1n) is 7.18. The van der Waals surface area contributed by atoms with Gasteiger partial charge in [0.2, 0.25) is 0 Å². The Morgan fingerprint density at radius 1 is 1.35 bits per heavy atom. The summed E-state index contributed by atoms with van der Waals surface area (Å²) in [4.78, 5) is 15.0. The Hall–Kier alpha value is -1.42. The van der Waals surface area contributed by atoms with E-state index in [9.17, 15) is 4.79 Å². The number of hydrogen-bond acceptors (Lipinski definition) is 2. The predicted molar refractivity (Wildman–Crippen MR) is 86.0 cm³/mol. The van der Waals surface area contributed by atoms with Crippen molar-refractivity contribution in [1.82, 2.24) is 4.90 Å². The molecular formula is C16H22N2OS. The van der Waals surface area contributed by atoms with Gasteiger partial charge in [-0.3, -0.25) is 4.79 Å². The van der Waals surface area contributed by atoms with Gasteiger partial charge < -0.3 is 10.6 Å². The van der Waals surface area contributed by atoms with E-state index in [1.54, 1.807) is 0 Å². The quantitative estimate of drug-likeness (QED) is 0.819. The SMILES string of the molecule is CC(C)c1ccc(C(=O)N(CCC(N)=S)C2CC2)cc1. The predicted octanol–water partition coefficient (Wildman–Crippen LogP) is 3.09. The molecule has 1 aliphatic carbocycles. The molecule has 1 saturated carbocycles. The minimum Gasteiger partial charge on any atom is -0.393 e. The fourth-order valence-corrected chi connectivity index (χ4v) is 2.33. The van der Waals surface area contributed by atoms with Crippen molar-refractivity contribution in [3.05, 3.63) is 35.4 Å². The first-order chi connectivity index (χ1) is 9.49. The first kappa shape index (κ1) is 15.0. The van der Waals surface area contributed by atoms with Crippen molar-refractivity contribution >= 4 is 23.1 Å². The zero-order chi connectivity index (χ0) is 14.7. The molecule has 0 spiro atoms. The molecule has 1 amide bonds. The van der Waals surface area contributed by atoms with Gasteiger partial charge in [0.25, 0.3) is 5.91 Å². The topological polar surface area (TPSA) is 46.3 Å². The van der Waals surface area contributed by atoms with Gasteiger partial charge in [0, 0.05) is 24.6 Å². The molecule has 0 atom stereocenters. The Morgan fingerprint density at radius 3 is 2.40 bits per heavy atom. The molecule has 0 bridgehead atoms. The second kappa shape index (κ2) is 6.35. The van der Waals surface area contributed by atoms with Crippen LogP contribution in [0, 0.1) is 0 Å². The highest BCUT2D eigenvalue weighted by molar-refractivity contribution is 7.80. The number of amides is 1. The van der Waals surface area contributed by atoms with E-state index in [0.717, 1.165) is 18.4 Å². The van der Waals surface area contributed by atoms with Crippen molar-refractivity contribution in [2.45, 2.75) is 45.1 Å². The summed E-state index contributed by atoms with van der Waals surface area (Å²) in [5.41, 5.74) is 7.55. The summed E-state index contributed by atoms with van der Waals surface area (Å²) in [7, 11) is 0. The van der Waals surface area contributed by atoms with Crippen LogP contribution in [0.1, 0.15) is 54.9 Å². The van der Waals surface area contributed by atoms with Gasteiger partial charge in [-0.1, -0.05) is 38.2 Å². The number of nitrogens with zero attached hydrogens (tertiary/aromatic N) is 1. The molecule has 1 aromatic rings. The highest BCUT2D eigenvalue weighted by Gasteiger charge is 2.32. The summed E-state index contributed by atoms with van der Waals surface area (Å²) in [5, 5.41) is 0. The summed E-state index contributed by atoms with van der Waals surface area (Å²) in [5.74, 6) is 0.576. The van der Waals surface area contributed by atoms with Crippen molar-refractivity contribution in [3.8, 4) is 0 Å². The average molecular weight is 290 g/mol. The molecule has 3 nitrogen and oxygen atoms in total. The van der Waals surface area contributed by atoms with Crippen molar-refractivity contribution in [1.29, 1.82) is 0 Å². The standard InChI is InChI=1S/C16H22N2OS/c1-11(2)12-3-5-13(6-4-12)16(19)18(14-7-8-14)10-9-15(17)20/h3-6,11,14H,7-10H2,1-2H3,(H2,17,20). The Bertz CT molecular complexity index is 492. The summed E-state index contributed by atoms with van der Waals surface area (Å²) in [6, 6.07) is 8.30. The third-order valence-corrected chi connectivity index (χ3v) is 3.88. The number of hydrogen-bond donors (Lipinski definition) is 1. The molecule has 1 aliphatic rings. The second-order valence-electron chi connectivity index (χ2n) is 5.72. The third-order valence-electron chi connectivity index (χ3n) is 3.67. The number of carbonyl (C=O) groups excluding carboxylic acids is 1. The number of benzene rings is 1. The lowest BCUT2D eigenvalue weighted by Gasteiger charge is -2.22. The van der Waals surface area contributed by atoms with Gasteiger partial charge >= 0.3 is 0 Å². The van der Waals surface area contributed by atoms with E-state index < -0.39 is 0 Å². The number of nitrogens with two attached hydrogens (primary N) is 1. The van der Waals surface area contributed by atoms with Crippen LogP contribution < -0.4 is 5.73 Å². The molecule has 0 heterocycles. The monoisotopic (exact) mass is 290 g/mol. The van der Waals surface area contributed by atoms with Crippen LogP contribution in [-0.4, -0.2) is 28.4 Å². The molecule has 2 rings (SSSR count). The Morgan fingerprint density at radius 2 is 1.95 bits per heavy atom. The highest BCUT2D eigenvalue weighted by atomic mass is 32.1. The average Bonchev–Trinajstić information content (AvgIpc) is 3.23. The van der Waals surface area contributed by atoms with Crippen LogP contribution in [-0.2, 0) is 0 Å². The Kier molecular flexibility index (Phi) is 4.76. The summed E-state index contributed by atoms with van der Waals surface area (Å²) < 4.78 is 0. The zero-order valence-electron chi connectivity index (χ0n) is 12.1. The number of carbonyl (C=O) groups is 1. The van der Waals surface area contributed by atoms with Crippen LogP contribution in [0.2, 0.25) is 0 Å². The normalized spacial score (nSPS) is 14.3. The largest absolute Gasteiger partial charge is 0.393 e. The molecule has 0 aliphatic heterocycles. The lowest BCUT2D eigenvalue weighted by atomic mass is 10.0. The van der Waals surface area contributed by atoms with Crippen LogP contribution in [0.15, 0.2) is 24.3 Å². The van der Waals surface area contributed by atoms with Gasteiger partial charge in [0.15, 0.2) is 0 Å². The zero-order valence-corrected chi connectivity index (χ0v) is 13.0. The molecule has 1 aromatic carbocycles. The van der Waals surface area contributed by atoms with Crippen molar-refractivity contribution in [2.75, 3.05) is 6.54 Å². The molecule has 20 heavy (non-hydrogen) atoms. The molecule has 108 valence electrons. The van der Waals surface area contributed by atoms with Crippen LogP contribution in [0.4, 0.5) is 0 Å². The molecule has 2 N–H and O–H groups in total. The maximum atomic E-state index is 12.6. The van der Waals surface area contributed by atoms with Crippen LogP contribution in [0.25, 0.3) is 0 Å². The van der Waals surface area contributed by atoms with E-state index in [0.29, 0.717) is 29.9 Å². The Labute approximate surface area is 126 Å². The lowest BCUT2D eigenvalue weighted by molar-refractivity contribution is 0.0748. The van der Waals surface area contributed by atoms with E-state index in [1.165, 1.54) is 5.56 Å². The molecule has 0 saturated heterocycles. The van der Waals surface area contributed by atoms with E-state index in [-0.39, 0.29) is 5.91 Å². The molecule has 1 fully saturated rings. The molecule has 0 unspecified atom stereocenters. The van der Waals surface area contributed by atoms with E-state index >= 15 is 0 Å². The van der Waals surface area contributed by atoms with Crippen molar-refractivity contribution in [2.24, 2.45) is 5.73 Å². The molecular weight excluding hydrogens is 268 g/mol. The van der Waals surface area contributed by atoms with Gasteiger partial charge in [0.05, 0.1) is 4.99 Å². The summed E-state index contributed by atoms with van der Waals surface area (Å²) >= 11 is 4.91.